The third-order valence-corrected chi connectivity index (χ3v) is 4.27. The van der Waals surface area contributed by atoms with Crippen LogP contribution in [-0.4, -0.2) is 15.9 Å². The van der Waals surface area contributed by atoms with Crippen LogP contribution in [0.25, 0.3) is 10.2 Å². The molecule has 1 amide bonds. The maximum Gasteiger partial charge on any atom is 0.260 e. The summed E-state index contributed by atoms with van der Waals surface area (Å²) in [6, 6.07) is 7.44. The number of aryl methyl sites for hydroxylation is 2. The van der Waals surface area contributed by atoms with Crippen molar-refractivity contribution < 1.29 is 4.79 Å². The van der Waals surface area contributed by atoms with Gasteiger partial charge in [-0.05, 0) is 43.2 Å². The number of nitrogens with zero attached hydrogens (tertiary/aromatic N) is 2. The molecular weight excluding hydrogens is 306 g/mol. The van der Waals surface area contributed by atoms with Gasteiger partial charge < -0.3 is 0 Å². The number of aromatic nitrogens is 2. The van der Waals surface area contributed by atoms with Gasteiger partial charge in [0.25, 0.3) is 5.91 Å². The Labute approximate surface area is 130 Å². The molecular formula is C15H12ClN3OS. The number of halogens is 1. The minimum atomic E-state index is -0.304. The lowest BCUT2D eigenvalue weighted by Gasteiger charge is -2.02. The first-order chi connectivity index (χ1) is 10.0. The van der Waals surface area contributed by atoms with Crippen molar-refractivity contribution in [2.45, 2.75) is 13.8 Å². The molecule has 0 fully saturated rings. The van der Waals surface area contributed by atoms with Gasteiger partial charge in [-0.1, -0.05) is 29.0 Å². The summed E-state index contributed by atoms with van der Waals surface area (Å²) >= 11 is 7.37. The summed E-state index contributed by atoms with van der Waals surface area (Å²) in [4.78, 5) is 20.6. The van der Waals surface area contributed by atoms with Crippen LogP contribution in [-0.2, 0) is 0 Å². The third-order valence-electron chi connectivity index (χ3n) is 3.05. The molecule has 2 heterocycles. The van der Waals surface area contributed by atoms with Crippen molar-refractivity contribution in [3.8, 4) is 0 Å². The summed E-state index contributed by atoms with van der Waals surface area (Å²) in [6.45, 7) is 4.05. The highest BCUT2D eigenvalue weighted by atomic mass is 35.5. The van der Waals surface area contributed by atoms with Crippen molar-refractivity contribution in [2.75, 3.05) is 5.32 Å². The van der Waals surface area contributed by atoms with Crippen molar-refractivity contribution >= 4 is 44.2 Å². The largest absolute Gasteiger partial charge is 0.298 e. The molecule has 0 bridgehead atoms. The number of benzene rings is 1. The quantitative estimate of drug-likeness (QED) is 0.720. The second-order valence-corrected chi connectivity index (χ2v) is 6.13. The number of hydrogen-bond donors (Lipinski definition) is 1. The standard InChI is InChI=1S/C15H12ClN3OS/c1-8-6-9(2)12-11(7-8)21-15(18-12)19-14(20)10-4-3-5-17-13(10)16/h3-7H,1-2H3,(H,18,19,20). The van der Waals surface area contributed by atoms with Crippen LogP contribution in [0.3, 0.4) is 0 Å². The molecule has 0 aliphatic heterocycles. The van der Waals surface area contributed by atoms with Gasteiger partial charge in [0.15, 0.2) is 5.13 Å². The van der Waals surface area contributed by atoms with Crippen molar-refractivity contribution in [1.82, 2.24) is 9.97 Å². The lowest BCUT2D eigenvalue weighted by Crippen LogP contribution is -2.12. The number of carbonyl (C=O) groups excluding carboxylic acids is 1. The van der Waals surface area contributed by atoms with E-state index in [0.29, 0.717) is 10.7 Å². The molecule has 21 heavy (non-hydrogen) atoms. The lowest BCUT2D eigenvalue weighted by atomic mass is 10.1. The van der Waals surface area contributed by atoms with Crippen LogP contribution in [0.15, 0.2) is 30.5 Å². The Morgan fingerprint density at radius 2 is 2.14 bits per heavy atom. The van der Waals surface area contributed by atoms with Gasteiger partial charge in [0.05, 0.1) is 15.8 Å². The first kappa shape index (κ1) is 14.0. The van der Waals surface area contributed by atoms with Crippen molar-refractivity contribution in [1.29, 1.82) is 0 Å². The summed E-state index contributed by atoms with van der Waals surface area (Å²) < 4.78 is 1.06. The average Bonchev–Trinajstić information content (AvgIpc) is 2.81. The molecule has 0 spiro atoms. The summed E-state index contributed by atoms with van der Waals surface area (Å²) in [5.41, 5.74) is 3.53. The highest BCUT2D eigenvalue weighted by molar-refractivity contribution is 7.22. The molecule has 0 saturated carbocycles. The molecule has 6 heteroatoms. The zero-order valence-electron chi connectivity index (χ0n) is 11.5. The summed E-state index contributed by atoms with van der Waals surface area (Å²) in [6.07, 6.45) is 1.54. The molecule has 1 aromatic carbocycles. The number of fused-ring (bicyclic) bond motifs is 1. The topological polar surface area (TPSA) is 54.9 Å². The van der Waals surface area contributed by atoms with E-state index >= 15 is 0 Å². The number of pyridine rings is 1. The van der Waals surface area contributed by atoms with Crippen LogP contribution in [0, 0.1) is 13.8 Å². The van der Waals surface area contributed by atoms with Gasteiger partial charge in [0.1, 0.15) is 5.15 Å². The molecule has 0 unspecified atom stereocenters. The highest BCUT2D eigenvalue weighted by Crippen LogP contribution is 2.29. The molecule has 4 nitrogen and oxygen atoms in total. The number of anilines is 1. The Morgan fingerprint density at radius 3 is 2.90 bits per heavy atom. The summed E-state index contributed by atoms with van der Waals surface area (Å²) in [5.74, 6) is -0.304. The average molecular weight is 318 g/mol. The van der Waals surface area contributed by atoms with E-state index in [9.17, 15) is 4.79 Å². The number of rotatable bonds is 2. The zero-order valence-corrected chi connectivity index (χ0v) is 13.0. The number of hydrogen-bond acceptors (Lipinski definition) is 4. The first-order valence-electron chi connectivity index (χ1n) is 6.34. The predicted molar refractivity (Wildman–Crippen MR) is 86.3 cm³/mol. The molecule has 2 aromatic heterocycles. The monoisotopic (exact) mass is 317 g/mol. The van der Waals surface area contributed by atoms with Crippen LogP contribution in [0.2, 0.25) is 5.15 Å². The number of amides is 1. The number of carbonyl (C=O) groups is 1. The smallest absolute Gasteiger partial charge is 0.260 e. The SMILES string of the molecule is Cc1cc(C)c2nc(NC(=O)c3cccnc3Cl)sc2c1. The third kappa shape index (κ3) is 2.75. The maximum absolute atomic E-state index is 12.2. The van der Waals surface area contributed by atoms with Crippen molar-refractivity contribution in [3.63, 3.8) is 0 Å². The van der Waals surface area contributed by atoms with Crippen LogP contribution in [0.1, 0.15) is 21.5 Å². The van der Waals surface area contributed by atoms with E-state index in [-0.39, 0.29) is 11.1 Å². The molecule has 3 aromatic rings. The van der Waals surface area contributed by atoms with E-state index in [2.05, 4.69) is 27.4 Å². The second-order valence-electron chi connectivity index (χ2n) is 4.74. The fraction of sp³-hybridized carbons (Fsp3) is 0.133. The second kappa shape index (κ2) is 5.42. The Bertz CT molecular complexity index is 844. The van der Waals surface area contributed by atoms with Crippen LogP contribution >= 0.6 is 22.9 Å². The summed E-state index contributed by atoms with van der Waals surface area (Å²) in [5, 5.41) is 3.52. The first-order valence-corrected chi connectivity index (χ1v) is 7.53. The van der Waals surface area contributed by atoms with Gasteiger partial charge in [0, 0.05) is 6.20 Å². The maximum atomic E-state index is 12.2. The van der Waals surface area contributed by atoms with E-state index in [1.807, 2.05) is 13.8 Å². The predicted octanol–water partition coefficient (Wildman–Crippen LogP) is 4.21. The van der Waals surface area contributed by atoms with Crippen LogP contribution in [0.5, 0.6) is 0 Å². The highest BCUT2D eigenvalue weighted by Gasteiger charge is 2.14. The van der Waals surface area contributed by atoms with E-state index in [4.69, 9.17) is 11.6 Å². The van der Waals surface area contributed by atoms with Gasteiger partial charge >= 0.3 is 0 Å². The molecule has 0 aliphatic rings. The van der Waals surface area contributed by atoms with E-state index in [0.717, 1.165) is 15.8 Å². The Morgan fingerprint density at radius 1 is 1.33 bits per heavy atom. The van der Waals surface area contributed by atoms with Gasteiger partial charge in [-0.3, -0.25) is 10.1 Å². The molecule has 0 aliphatic carbocycles. The Kier molecular flexibility index (Phi) is 3.61. The fourth-order valence-corrected chi connectivity index (χ4v) is 3.39. The molecule has 0 atom stereocenters. The van der Waals surface area contributed by atoms with Crippen molar-refractivity contribution in [2.24, 2.45) is 0 Å². The Hall–Kier alpha value is -1.98. The molecule has 0 saturated heterocycles. The molecule has 0 radical (unpaired) electrons. The lowest BCUT2D eigenvalue weighted by molar-refractivity contribution is 0.102. The number of nitrogens with one attached hydrogen (secondary N) is 1. The van der Waals surface area contributed by atoms with Gasteiger partial charge in [0.2, 0.25) is 0 Å². The number of thiazole rings is 1. The summed E-state index contributed by atoms with van der Waals surface area (Å²) in [7, 11) is 0. The minimum absolute atomic E-state index is 0.183. The van der Waals surface area contributed by atoms with Gasteiger partial charge in [-0.2, -0.15) is 0 Å². The van der Waals surface area contributed by atoms with Crippen molar-refractivity contribution in [3.05, 3.63) is 52.3 Å². The van der Waals surface area contributed by atoms with Crippen LogP contribution in [0.4, 0.5) is 5.13 Å². The van der Waals surface area contributed by atoms with Crippen LogP contribution < -0.4 is 5.32 Å². The van der Waals surface area contributed by atoms with Gasteiger partial charge in [-0.15, -0.1) is 0 Å². The van der Waals surface area contributed by atoms with E-state index < -0.39 is 0 Å². The molecule has 106 valence electrons. The minimum Gasteiger partial charge on any atom is -0.298 e. The van der Waals surface area contributed by atoms with E-state index in [1.165, 1.54) is 16.9 Å². The van der Waals surface area contributed by atoms with E-state index in [1.54, 1.807) is 18.3 Å². The fourth-order valence-electron chi connectivity index (χ4n) is 2.14. The Balaban J connectivity index is 1.94. The zero-order chi connectivity index (χ0) is 15.0. The normalized spacial score (nSPS) is 10.8. The molecule has 3 rings (SSSR count). The van der Waals surface area contributed by atoms with Gasteiger partial charge in [-0.25, -0.2) is 9.97 Å². The molecule has 1 N–H and O–H groups in total.